The molecule has 282 valence electrons. The summed E-state index contributed by atoms with van der Waals surface area (Å²) in [5, 5.41) is 5.06. The molecule has 0 saturated carbocycles. The van der Waals surface area contributed by atoms with Crippen LogP contribution in [0, 0.1) is 5.92 Å². The molecule has 0 saturated heterocycles. The number of anilines is 2. The Balaban J connectivity index is 1.16. The van der Waals surface area contributed by atoms with Gasteiger partial charge in [0.05, 0.1) is 6.04 Å². The lowest BCUT2D eigenvalue weighted by Crippen LogP contribution is -2.31. The van der Waals surface area contributed by atoms with E-state index >= 15 is 0 Å². The zero-order chi connectivity index (χ0) is 39.5. The lowest BCUT2D eigenvalue weighted by atomic mass is 9.72. The van der Waals surface area contributed by atoms with E-state index in [9.17, 15) is 0 Å². The summed E-state index contributed by atoms with van der Waals surface area (Å²) in [6.45, 7) is 3.87. The van der Waals surface area contributed by atoms with Crippen LogP contribution in [0.3, 0.4) is 0 Å². The molecule has 0 amide bonds. The van der Waals surface area contributed by atoms with E-state index in [-0.39, 0.29) is 6.04 Å². The number of allylic oxidation sites excluding steroid dienone is 12. The molecule has 1 nitrogen and oxygen atoms in total. The lowest BCUT2D eigenvalue weighted by Gasteiger charge is -2.36. The first-order valence-corrected chi connectivity index (χ1v) is 20.7. The highest BCUT2D eigenvalue weighted by atomic mass is 15.2. The van der Waals surface area contributed by atoms with Crippen molar-refractivity contribution in [3.8, 4) is 22.3 Å². The van der Waals surface area contributed by atoms with E-state index in [2.05, 4.69) is 224 Å². The molecule has 10 rings (SSSR count). The van der Waals surface area contributed by atoms with Gasteiger partial charge in [-0.3, -0.25) is 0 Å². The van der Waals surface area contributed by atoms with E-state index in [1.807, 2.05) is 18.2 Å². The molecule has 3 atom stereocenters. The summed E-state index contributed by atoms with van der Waals surface area (Å²) in [6, 6.07) is 55.9. The van der Waals surface area contributed by atoms with Gasteiger partial charge in [-0.2, -0.15) is 0 Å². The van der Waals surface area contributed by atoms with Gasteiger partial charge in [0.2, 0.25) is 0 Å². The Labute approximate surface area is 348 Å². The number of nitrogens with zero attached hydrogens (tertiary/aromatic N) is 1. The van der Waals surface area contributed by atoms with Crippen LogP contribution in [0.25, 0.3) is 55.4 Å². The van der Waals surface area contributed by atoms with Crippen LogP contribution in [0.4, 0.5) is 11.4 Å². The van der Waals surface area contributed by atoms with E-state index in [4.69, 9.17) is 0 Å². The van der Waals surface area contributed by atoms with E-state index < -0.39 is 0 Å². The van der Waals surface area contributed by atoms with Crippen molar-refractivity contribution in [3.63, 3.8) is 0 Å². The Morgan fingerprint density at radius 3 is 2.22 bits per heavy atom. The quantitative estimate of drug-likeness (QED) is 0.105. The van der Waals surface area contributed by atoms with Gasteiger partial charge in [-0.15, -0.1) is 0 Å². The van der Waals surface area contributed by atoms with Crippen LogP contribution in [0.1, 0.15) is 29.0 Å². The molecule has 0 heterocycles. The highest BCUT2D eigenvalue weighted by Gasteiger charge is 2.30. The maximum atomic E-state index is 3.87. The molecule has 59 heavy (non-hydrogen) atoms. The largest absolute Gasteiger partial charge is 0.334 e. The predicted molar refractivity (Wildman–Crippen MR) is 254 cm³/mol. The van der Waals surface area contributed by atoms with E-state index in [1.54, 1.807) is 0 Å². The molecule has 1 heteroatoms. The van der Waals surface area contributed by atoms with Crippen LogP contribution < -0.4 is 4.90 Å². The summed E-state index contributed by atoms with van der Waals surface area (Å²) < 4.78 is 0. The van der Waals surface area contributed by atoms with E-state index in [0.29, 0.717) is 11.8 Å². The van der Waals surface area contributed by atoms with Crippen LogP contribution in [-0.2, 0) is 0 Å². The summed E-state index contributed by atoms with van der Waals surface area (Å²) in [6.07, 6.45) is 29.8. The minimum atomic E-state index is 0.0506. The minimum absolute atomic E-state index is 0.0506. The molecule has 0 bridgehead atoms. The van der Waals surface area contributed by atoms with Gasteiger partial charge < -0.3 is 4.90 Å². The van der Waals surface area contributed by atoms with Crippen molar-refractivity contribution in [3.05, 3.63) is 253 Å². The number of benzene rings is 7. The Morgan fingerprint density at radius 2 is 1.32 bits per heavy atom. The van der Waals surface area contributed by atoms with Crippen molar-refractivity contribution >= 4 is 44.6 Å². The van der Waals surface area contributed by atoms with Gasteiger partial charge in [0, 0.05) is 23.2 Å². The number of hydrogen-bond donors (Lipinski definition) is 0. The second kappa shape index (κ2) is 16.0. The Bertz CT molecular complexity index is 2950. The van der Waals surface area contributed by atoms with Crippen LogP contribution in [0.2, 0.25) is 0 Å². The lowest BCUT2D eigenvalue weighted by molar-refractivity contribution is 0.688. The SMILES string of the molecule is C=C/C=C\C=C\c1cc(-c2ccccc2)cc(N(c2cccc(-c3cc4ccccc4c4ccccc34)c2)C2C=C(C3=CC4C=CC=CC4c4ccccc43)C=CC2)c1. The first kappa shape index (κ1) is 36.1. The Kier molecular flexibility index (Phi) is 9.78. The summed E-state index contributed by atoms with van der Waals surface area (Å²) in [7, 11) is 0. The van der Waals surface area contributed by atoms with E-state index in [1.165, 1.54) is 66.1 Å². The first-order valence-electron chi connectivity index (χ1n) is 20.7. The number of hydrogen-bond acceptors (Lipinski definition) is 1. The minimum Gasteiger partial charge on any atom is -0.334 e. The molecule has 0 aromatic heterocycles. The monoisotopic (exact) mass is 755 g/mol. The standard InChI is InChI=1S/C58H45N/c1-2-3-4-6-19-41-34-47(42-20-7-5-8-21-42)38-50(35-41)59(48-26-17-24-43(36-48)57-39-45-22-9-11-28-51(45)53-30-13-15-32-55(53)57)49-27-18-25-44(37-49)58-40-46-23-10-12-29-52(46)54-31-14-16-33-56(54)58/h2-26,28-40,46,49,52H,1,27H2/b4-3-,19-6+. The molecule has 7 aromatic rings. The van der Waals surface area contributed by atoms with Gasteiger partial charge in [-0.05, 0) is 114 Å². The fourth-order valence-corrected chi connectivity index (χ4v) is 9.31. The molecular weight excluding hydrogens is 711 g/mol. The summed E-state index contributed by atoms with van der Waals surface area (Å²) in [4.78, 5) is 2.57. The smallest absolute Gasteiger partial charge is 0.0565 e. The molecule has 3 unspecified atom stereocenters. The maximum Gasteiger partial charge on any atom is 0.0565 e. The fraction of sp³-hybridized carbons (Fsp3) is 0.0690. The second-order valence-corrected chi connectivity index (χ2v) is 15.6. The average molecular weight is 756 g/mol. The fourth-order valence-electron chi connectivity index (χ4n) is 9.31. The zero-order valence-corrected chi connectivity index (χ0v) is 33.0. The van der Waals surface area contributed by atoms with Gasteiger partial charge in [0.1, 0.15) is 0 Å². The number of fused-ring (bicyclic) bond motifs is 6. The third-order valence-corrected chi connectivity index (χ3v) is 12.0. The Morgan fingerprint density at radius 1 is 0.559 bits per heavy atom. The van der Waals surface area contributed by atoms with Crippen molar-refractivity contribution in [1.29, 1.82) is 0 Å². The second-order valence-electron chi connectivity index (χ2n) is 15.6. The third kappa shape index (κ3) is 7.06. The average Bonchev–Trinajstić information content (AvgIpc) is 3.30. The first-order chi connectivity index (χ1) is 29.2. The van der Waals surface area contributed by atoms with E-state index in [0.717, 1.165) is 23.4 Å². The zero-order valence-electron chi connectivity index (χ0n) is 33.0. The van der Waals surface area contributed by atoms with Gasteiger partial charge >= 0.3 is 0 Å². The molecule has 0 spiro atoms. The van der Waals surface area contributed by atoms with Gasteiger partial charge in [-0.1, -0.05) is 201 Å². The van der Waals surface area contributed by atoms with Crippen LogP contribution in [0.15, 0.2) is 237 Å². The Hall–Kier alpha value is -7.22. The molecule has 0 N–H and O–H groups in total. The van der Waals surface area contributed by atoms with Crippen LogP contribution >= 0.6 is 0 Å². The van der Waals surface area contributed by atoms with Crippen molar-refractivity contribution < 1.29 is 0 Å². The van der Waals surface area contributed by atoms with Crippen molar-refractivity contribution in [2.45, 2.75) is 18.4 Å². The molecule has 0 aliphatic heterocycles. The molecule has 3 aliphatic carbocycles. The van der Waals surface area contributed by atoms with Gasteiger partial charge in [0.15, 0.2) is 0 Å². The van der Waals surface area contributed by atoms with Gasteiger partial charge in [0.25, 0.3) is 0 Å². The number of rotatable bonds is 9. The van der Waals surface area contributed by atoms with Crippen molar-refractivity contribution in [2.24, 2.45) is 5.92 Å². The summed E-state index contributed by atoms with van der Waals surface area (Å²) in [5.74, 6) is 0.694. The normalized spacial score (nSPS) is 18.2. The molecule has 0 fully saturated rings. The third-order valence-electron chi connectivity index (χ3n) is 12.0. The highest BCUT2D eigenvalue weighted by Crippen LogP contribution is 2.46. The van der Waals surface area contributed by atoms with Crippen molar-refractivity contribution in [2.75, 3.05) is 4.90 Å². The summed E-state index contributed by atoms with van der Waals surface area (Å²) >= 11 is 0. The maximum absolute atomic E-state index is 3.87. The van der Waals surface area contributed by atoms with Crippen LogP contribution in [-0.4, -0.2) is 6.04 Å². The highest BCUT2D eigenvalue weighted by molar-refractivity contribution is 6.13. The molecule has 7 aromatic carbocycles. The van der Waals surface area contributed by atoms with Crippen LogP contribution in [0.5, 0.6) is 0 Å². The van der Waals surface area contributed by atoms with Gasteiger partial charge in [-0.25, -0.2) is 0 Å². The molecule has 3 aliphatic rings. The topological polar surface area (TPSA) is 3.24 Å². The molecule has 0 radical (unpaired) electrons. The van der Waals surface area contributed by atoms with Crippen molar-refractivity contribution in [1.82, 2.24) is 0 Å². The summed E-state index contributed by atoms with van der Waals surface area (Å²) in [5.41, 5.74) is 13.6. The predicted octanol–water partition coefficient (Wildman–Crippen LogP) is 15.4. The molecular formula is C58H45N.